The minimum absolute atomic E-state index is 0.155. The van der Waals surface area contributed by atoms with Gasteiger partial charge in [-0.2, -0.15) is 0 Å². The summed E-state index contributed by atoms with van der Waals surface area (Å²) in [6.07, 6.45) is 3.69. The molecular formula is C20H22N4O3S. The Labute approximate surface area is 167 Å². The van der Waals surface area contributed by atoms with Gasteiger partial charge in [-0.1, -0.05) is 41.7 Å². The van der Waals surface area contributed by atoms with Crippen LogP contribution in [-0.2, 0) is 4.74 Å². The maximum atomic E-state index is 12.7. The number of hydrogen-bond donors (Lipinski definition) is 1. The molecule has 1 fully saturated rings. The molecule has 0 saturated carbocycles. The number of pyridine rings is 1. The molecule has 146 valence electrons. The summed E-state index contributed by atoms with van der Waals surface area (Å²) in [5.74, 6) is 0.450. The van der Waals surface area contributed by atoms with Crippen LogP contribution in [0.25, 0.3) is 21.3 Å². The van der Waals surface area contributed by atoms with E-state index in [9.17, 15) is 4.79 Å². The number of methoxy groups -OCH3 is 1. The molecule has 0 bridgehead atoms. The first-order valence-corrected chi connectivity index (χ1v) is 10.1. The van der Waals surface area contributed by atoms with E-state index in [-0.39, 0.29) is 6.03 Å². The summed E-state index contributed by atoms with van der Waals surface area (Å²) in [4.78, 5) is 23.5. The lowest BCUT2D eigenvalue weighted by atomic mass is 10.1. The van der Waals surface area contributed by atoms with Crippen LogP contribution in [0, 0.1) is 0 Å². The summed E-state index contributed by atoms with van der Waals surface area (Å²) < 4.78 is 11.8. The van der Waals surface area contributed by atoms with Gasteiger partial charge < -0.3 is 14.4 Å². The Morgan fingerprint density at radius 3 is 2.89 bits per heavy atom. The lowest BCUT2D eigenvalue weighted by molar-refractivity contribution is 0.0922. The zero-order valence-corrected chi connectivity index (χ0v) is 16.5. The average Bonchev–Trinajstić information content (AvgIpc) is 3.11. The third kappa shape index (κ3) is 3.93. The van der Waals surface area contributed by atoms with E-state index in [4.69, 9.17) is 9.47 Å². The molecule has 3 aromatic rings. The molecule has 0 radical (unpaired) electrons. The van der Waals surface area contributed by atoms with Crippen molar-refractivity contribution in [3.63, 3.8) is 0 Å². The number of nitrogens with one attached hydrogen (secondary N) is 1. The summed E-state index contributed by atoms with van der Waals surface area (Å²) in [6.45, 7) is 2.63. The Hall–Kier alpha value is -2.71. The summed E-state index contributed by atoms with van der Waals surface area (Å²) in [5, 5.41) is 3.47. The molecule has 3 heterocycles. The zero-order valence-electron chi connectivity index (χ0n) is 15.7. The van der Waals surface area contributed by atoms with Crippen molar-refractivity contribution < 1.29 is 14.3 Å². The van der Waals surface area contributed by atoms with Crippen molar-refractivity contribution in [2.75, 3.05) is 38.7 Å². The molecule has 2 amide bonds. The summed E-state index contributed by atoms with van der Waals surface area (Å²) >= 11 is 1.43. The third-order valence-corrected chi connectivity index (χ3v) is 5.64. The molecule has 4 rings (SSSR count). The number of nitrogens with zero attached hydrogens (tertiary/aromatic N) is 3. The lowest BCUT2D eigenvalue weighted by Gasteiger charge is -2.24. The molecule has 1 saturated heterocycles. The molecule has 0 atom stereocenters. The number of urea groups is 1. The maximum absolute atomic E-state index is 12.7. The van der Waals surface area contributed by atoms with Gasteiger partial charge in [0.2, 0.25) is 5.88 Å². The first-order chi connectivity index (χ1) is 13.8. The van der Waals surface area contributed by atoms with E-state index in [1.54, 1.807) is 18.2 Å². The first kappa shape index (κ1) is 18.6. The van der Waals surface area contributed by atoms with E-state index >= 15 is 0 Å². The fraction of sp³-hybridized carbons (Fsp3) is 0.350. The minimum Gasteiger partial charge on any atom is -0.479 e. The number of ether oxygens (including phenoxy) is 2. The minimum atomic E-state index is -0.155. The van der Waals surface area contributed by atoms with Crippen LogP contribution in [0.2, 0.25) is 0 Å². The number of fused-ring (bicyclic) bond motifs is 1. The summed E-state index contributed by atoms with van der Waals surface area (Å²) in [7, 11) is 1.57. The Balaban J connectivity index is 1.64. The molecule has 1 aromatic carbocycles. The second-order valence-electron chi connectivity index (χ2n) is 6.48. The summed E-state index contributed by atoms with van der Waals surface area (Å²) in [6, 6.07) is 9.85. The van der Waals surface area contributed by atoms with Gasteiger partial charge in [0.15, 0.2) is 5.13 Å². The van der Waals surface area contributed by atoms with E-state index in [0.29, 0.717) is 29.7 Å². The molecule has 0 unspecified atom stereocenters. The van der Waals surface area contributed by atoms with E-state index in [1.807, 2.05) is 30.3 Å². The number of aromatic nitrogens is 2. The Bertz CT molecular complexity index is 953. The number of amides is 2. The normalized spacial score (nSPS) is 15.1. The highest BCUT2D eigenvalue weighted by Gasteiger charge is 2.19. The standard InChI is InChI=1S/C20H22N4O3S/c1-26-18-16-17(15(13-21-18)14-7-3-2-4-8-14)28-19(22-16)23-20(25)24-9-5-6-11-27-12-10-24/h2-4,7-8,13H,5-6,9-12H2,1H3,(H,22,23,25). The highest BCUT2D eigenvalue weighted by atomic mass is 32.1. The fourth-order valence-corrected chi connectivity index (χ4v) is 4.16. The van der Waals surface area contributed by atoms with Crippen molar-refractivity contribution in [3.05, 3.63) is 36.5 Å². The van der Waals surface area contributed by atoms with Crippen LogP contribution in [0.4, 0.5) is 9.93 Å². The summed E-state index contributed by atoms with van der Waals surface area (Å²) in [5.41, 5.74) is 2.67. The van der Waals surface area contributed by atoms with E-state index in [0.717, 1.165) is 41.8 Å². The largest absolute Gasteiger partial charge is 0.479 e. The van der Waals surface area contributed by atoms with Gasteiger partial charge in [-0.15, -0.1) is 0 Å². The van der Waals surface area contributed by atoms with Gasteiger partial charge in [0.25, 0.3) is 0 Å². The predicted molar refractivity (Wildman–Crippen MR) is 110 cm³/mol. The van der Waals surface area contributed by atoms with Crippen molar-refractivity contribution in [3.8, 4) is 17.0 Å². The topological polar surface area (TPSA) is 76.6 Å². The number of benzene rings is 1. The predicted octanol–water partition coefficient (Wildman–Crippen LogP) is 4.01. The monoisotopic (exact) mass is 398 g/mol. The van der Waals surface area contributed by atoms with Gasteiger partial charge in [0, 0.05) is 31.5 Å². The number of carbonyl (C=O) groups excluding carboxylic acids is 1. The Kier molecular flexibility index (Phi) is 5.68. The van der Waals surface area contributed by atoms with Gasteiger partial charge in [-0.05, 0) is 18.4 Å². The van der Waals surface area contributed by atoms with Crippen LogP contribution < -0.4 is 10.1 Å². The number of thiazole rings is 1. The molecule has 0 spiro atoms. The van der Waals surface area contributed by atoms with Crippen molar-refractivity contribution in [1.29, 1.82) is 0 Å². The molecule has 1 N–H and O–H groups in total. The number of hydrogen-bond acceptors (Lipinski definition) is 6. The van der Waals surface area contributed by atoms with Crippen molar-refractivity contribution in [2.45, 2.75) is 12.8 Å². The molecule has 8 heteroatoms. The fourth-order valence-electron chi connectivity index (χ4n) is 3.19. The Morgan fingerprint density at radius 2 is 2.07 bits per heavy atom. The molecule has 28 heavy (non-hydrogen) atoms. The second kappa shape index (κ2) is 8.53. The molecule has 0 aliphatic carbocycles. The zero-order chi connectivity index (χ0) is 19.3. The smallest absolute Gasteiger partial charge is 0.323 e. The van der Waals surface area contributed by atoms with E-state index < -0.39 is 0 Å². The van der Waals surface area contributed by atoms with Crippen molar-refractivity contribution >= 4 is 32.7 Å². The highest BCUT2D eigenvalue weighted by molar-refractivity contribution is 7.23. The van der Waals surface area contributed by atoms with Crippen LogP contribution in [0.15, 0.2) is 36.5 Å². The highest BCUT2D eigenvalue weighted by Crippen LogP contribution is 2.38. The molecular weight excluding hydrogens is 376 g/mol. The van der Waals surface area contributed by atoms with Gasteiger partial charge in [-0.3, -0.25) is 5.32 Å². The van der Waals surface area contributed by atoms with Crippen LogP contribution in [0.1, 0.15) is 12.8 Å². The number of carbonyl (C=O) groups is 1. The van der Waals surface area contributed by atoms with Crippen molar-refractivity contribution in [1.82, 2.24) is 14.9 Å². The third-order valence-electron chi connectivity index (χ3n) is 4.64. The van der Waals surface area contributed by atoms with Gasteiger partial charge in [-0.25, -0.2) is 14.8 Å². The molecule has 7 nitrogen and oxygen atoms in total. The average molecular weight is 398 g/mol. The quantitative estimate of drug-likeness (QED) is 0.721. The van der Waals surface area contributed by atoms with Crippen molar-refractivity contribution in [2.24, 2.45) is 0 Å². The molecule has 1 aliphatic heterocycles. The number of rotatable bonds is 3. The van der Waals surface area contributed by atoms with Crippen LogP contribution in [0.5, 0.6) is 5.88 Å². The lowest BCUT2D eigenvalue weighted by Crippen LogP contribution is -2.39. The first-order valence-electron chi connectivity index (χ1n) is 9.29. The van der Waals surface area contributed by atoms with Crippen LogP contribution in [-0.4, -0.2) is 54.3 Å². The maximum Gasteiger partial charge on any atom is 0.323 e. The van der Waals surface area contributed by atoms with Gasteiger partial charge in [0.1, 0.15) is 5.52 Å². The number of anilines is 1. The SMILES string of the molecule is COc1ncc(-c2ccccc2)c2sc(NC(=O)N3CCCCOCC3)nc12. The Morgan fingerprint density at radius 1 is 1.21 bits per heavy atom. The van der Waals surface area contributed by atoms with Gasteiger partial charge in [0.05, 0.1) is 18.4 Å². The van der Waals surface area contributed by atoms with Crippen LogP contribution in [0.3, 0.4) is 0 Å². The second-order valence-corrected chi connectivity index (χ2v) is 7.48. The van der Waals surface area contributed by atoms with Crippen LogP contribution >= 0.6 is 11.3 Å². The van der Waals surface area contributed by atoms with E-state index in [2.05, 4.69) is 15.3 Å². The van der Waals surface area contributed by atoms with E-state index in [1.165, 1.54) is 11.3 Å². The van der Waals surface area contributed by atoms with Gasteiger partial charge >= 0.3 is 6.03 Å². The molecule has 2 aromatic heterocycles. The molecule has 1 aliphatic rings.